The van der Waals surface area contributed by atoms with E-state index < -0.39 is 5.97 Å². The average molecular weight is 247 g/mol. The monoisotopic (exact) mass is 247 g/mol. The molecule has 0 bridgehead atoms. The van der Waals surface area contributed by atoms with E-state index in [1.165, 1.54) is 0 Å². The predicted octanol–water partition coefficient (Wildman–Crippen LogP) is 2.27. The minimum absolute atomic E-state index is 0.206. The zero-order valence-electron chi connectivity index (χ0n) is 10.8. The number of carboxylic acid groups (broad SMARTS) is 1. The van der Waals surface area contributed by atoms with Crippen molar-refractivity contribution in [2.75, 3.05) is 11.4 Å². The number of nitrogens with zero attached hydrogens (tertiary/aromatic N) is 3. The van der Waals surface area contributed by atoms with E-state index in [-0.39, 0.29) is 11.7 Å². The lowest BCUT2D eigenvalue weighted by Crippen LogP contribution is -2.32. The van der Waals surface area contributed by atoms with E-state index in [0.717, 1.165) is 6.54 Å². The number of hydrogen-bond acceptors (Lipinski definition) is 3. The van der Waals surface area contributed by atoms with Gasteiger partial charge >= 0.3 is 5.97 Å². The van der Waals surface area contributed by atoms with Crippen molar-refractivity contribution in [2.45, 2.75) is 26.8 Å². The van der Waals surface area contributed by atoms with Crippen LogP contribution in [0, 0.1) is 0 Å². The quantitative estimate of drug-likeness (QED) is 0.900. The van der Waals surface area contributed by atoms with Crippen molar-refractivity contribution < 1.29 is 9.90 Å². The maximum Gasteiger partial charge on any atom is 0.356 e. The summed E-state index contributed by atoms with van der Waals surface area (Å²) in [5, 5.41) is 9.39. The second-order valence-corrected chi connectivity index (χ2v) is 4.40. The van der Waals surface area contributed by atoms with E-state index in [2.05, 4.69) is 4.98 Å². The molecule has 2 aromatic heterocycles. The fraction of sp³-hybridized carbons (Fsp3) is 0.385. The number of carboxylic acids is 1. The molecule has 1 N–H and O–H groups in total. The summed E-state index contributed by atoms with van der Waals surface area (Å²) >= 11 is 0. The Bertz CT molecular complexity index is 575. The molecule has 0 radical (unpaired) electrons. The van der Waals surface area contributed by atoms with Crippen LogP contribution in [-0.2, 0) is 0 Å². The van der Waals surface area contributed by atoms with Crippen molar-refractivity contribution in [1.29, 1.82) is 0 Å². The van der Waals surface area contributed by atoms with E-state index in [0.29, 0.717) is 11.5 Å². The molecule has 2 aromatic rings. The number of aromatic nitrogens is 2. The molecule has 0 amide bonds. The third-order valence-electron chi connectivity index (χ3n) is 2.95. The van der Waals surface area contributed by atoms with Gasteiger partial charge in [-0.3, -0.25) is 4.40 Å². The average Bonchev–Trinajstić information content (AvgIpc) is 2.68. The van der Waals surface area contributed by atoms with Crippen molar-refractivity contribution in [3.05, 3.63) is 30.1 Å². The summed E-state index contributed by atoms with van der Waals surface area (Å²) in [6.07, 6.45) is 1.73. The second kappa shape index (κ2) is 4.68. The summed E-state index contributed by atoms with van der Waals surface area (Å²) in [6, 6.07) is 5.67. The summed E-state index contributed by atoms with van der Waals surface area (Å²) in [5.41, 5.74) is 0.880. The lowest BCUT2D eigenvalue weighted by atomic mass is 10.3. The van der Waals surface area contributed by atoms with E-state index in [4.69, 9.17) is 0 Å². The third-order valence-corrected chi connectivity index (χ3v) is 2.95. The molecule has 5 nitrogen and oxygen atoms in total. The van der Waals surface area contributed by atoms with Gasteiger partial charge in [-0.05, 0) is 32.9 Å². The van der Waals surface area contributed by atoms with Gasteiger partial charge in [0.1, 0.15) is 5.65 Å². The number of imidazole rings is 1. The molecule has 2 rings (SSSR count). The molecule has 96 valence electrons. The standard InChI is InChI=1S/C13H17N3O2/c1-4-15(9(2)3)12-11(13(17)18)16-8-6-5-7-10(16)14-12/h5-9H,4H2,1-3H3,(H,17,18). The van der Waals surface area contributed by atoms with Gasteiger partial charge in [0.15, 0.2) is 11.5 Å². The zero-order chi connectivity index (χ0) is 13.3. The Morgan fingerprint density at radius 1 is 1.50 bits per heavy atom. The molecule has 0 aliphatic carbocycles. The van der Waals surface area contributed by atoms with Gasteiger partial charge in [0.05, 0.1) is 0 Å². The highest BCUT2D eigenvalue weighted by Gasteiger charge is 2.23. The van der Waals surface area contributed by atoms with Gasteiger partial charge in [0.25, 0.3) is 0 Å². The topological polar surface area (TPSA) is 57.8 Å². The van der Waals surface area contributed by atoms with Crippen LogP contribution >= 0.6 is 0 Å². The van der Waals surface area contributed by atoms with Gasteiger partial charge in [-0.15, -0.1) is 0 Å². The van der Waals surface area contributed by atoms with Crippen molar-refractivity contribution in [3.8, 4) is 0 Å². The fourth-order valence-electron chi connectivity index (χ4n) is 2.14. The highest BCUT2D eigenvalue weighted by molar-refractivity contribution is 5.93. The van der Waals surface area contributed by atoms with Crippen molar-refractivity contribution in [1.82, 2.24) is 9.38 Å². The van der Waals surface area contributed by atoms with Crippen LogP contribution < -0.4 is 4.90 Å². The molecule has 0 atom stereocenters. The van der Waals surface area contributed by atoms with Crippen LogP contribution in [0.2, 0.25) is 0 Å². The molecular weight excluding hydrogens is 230 g/mol. The summed E-state index contributed by atoms with van der Waals surface area (Å²) < 4.78 is 1.61. The first-order valence-electron chi connectivity index (χ1n) is 6.03. The Morgan fingerprint density at radius 2 is 2.22 bits per heavy atom. The summed E-state index contributed by atoms with van der Waals surface area (Å²) in [7, 11) is 0. The first-order valence-corrected chi connectivity index (χ1v) is 6.03. The molecule has 5 heteroatoms. The molecule has 0 aliphatic rings. The van der Waals surface area contributed by atoms with Gasteiger partial charge in [-0.1, -0.05) is 6.07 Å². The van der Waals surface area contributed by atoms with Crippen LogP contribution in [0.25, 0.3) is 5.65 Å². The molecule has 0 saturated heterocycles. The summed E-state index contributed by atoms with van der Waals surface area (Å²) in [4.78, 5) is 17.9. The Kier molecular flexibility index (Phi) is 3.23. The normalized spacial score (nSPS) is 11.1. The molecular formula is C13H17N3O2. The smallest absolute Gasteiger partial charge is 0.356 e. The Hall–Kier alpha value is -2.04. The third kappa shape index (κ3) is 1.92. The van der Waals surface area contributed by atoms with Gasteiger partial charge in [0.2, 0.25) is 0 Å². The number of fused-ring (bicyclic) bond motifs is 1. The van der Waals surface area contributed by atoms with Gasteiger partial charge < -0.3 is 10.0 Å². The zero-order valence-corrected chi connectivity index (χ0v) is 10.8. The molecule has 0 unspecified atom stereocenters. The molecule has 0 spiro atoms. The molecule has 18 heavy (non-hydrogen) atoms. The molecule has 2 heterocycles. The minimum atomic E-state index is -0.956. The molecule has 0 fully saturated rings. The van der Waals surface area contributed by atoms with Crippen LogP contribution in [0.15, 0.2) is 24.4 Å². The van der Waals surface area contributed by atoms with Gasteiger partial charge in [-0.2, -0.15) is 0 Å². The van der Waals surface area contributed by atoms with E-state index in [1.807, 2.05) is 37.8 Å². The maximum atomic E-state index is 11.5. The minimum Gasteiger partial charge on any atom is -0.476 e. The SMILES string of the molecule is CCN(c1nc2ccccn2c1C(=O)O)C(C)C. The number of hydrogen-bond donors (Lipinski definition) is 1. The highest BCUT2D eigenvalue weighted by Crippen LogP contribution is 2.23. The van der Waals surface area contributed by atoms with Crippen LogP contribution in [0.1, 0.15) is 31.3 Å². The van der Waals surface area contributed by atoms with Crippen molar-refractivity contribution >= 4 is 17.4 Å². The molecule has 0 aromatic carbocycles. The maximum absolute atomic E-state index is 11.5. The number of carbonyl (C=O) groups is 1. The summed E-state index contributed by atoms with van der Waals surface area (Å²) in [6.45, 7) is 6.77. The van der Waals surface area contributed by atoms with Gasteiger partial charge in [-0.25, -0.2) is 9.78 Å². The lowest BCUT2D eigenvalue weighted by molar-refractivity contribution is 0.0690. The number of pyridine rings is 1. The second-order valence-electron chi connectivity index (χ2n) is 4.40. The first-order chi connectivity index (χ1) is 8.56. The van der Waals surface area contributed by atoms with Crippen LogP contribution in [0.4, 0.5) is 5.82 Å². The van der Waals surface area contributed by atoms with Crippen LogP contribution in [0.3, 0.4) is 0 Å². The summed E-state index contributed by atoms with van der Waals surface area (Å²) in [5.74, 6) is -0.422. The van der Waals surface area contributed by atoms with Crippen molar-refractivity contribution in [2.24, 2.45) is 0 Å². The fourth-order valence-corrected chi connectivity index (χ4v) is 2.14. The van der Waals surface area contributed by atoms with E-state index in [9.17, 15) is 9.90 Å². The number of anilines is 1. The van der Waals surface area contributed by atoms with Gasteiger partial charge in [0, 0.05) is 18.8 Å². The van der Waals surface area contributed by atoms with Crippen LogP contribution in [-0.4, -0.2) is 33.0 Å². The molecule has 0 saturated carbocycles. The first kappa shape index (κ1) is 12.4. The number of aromatic carboxylic acids is 1. The lowest BCUT2D eigenvalue weighted by Gasteiger charge is -2.25. The Labute approximate surface area is 106 Å². The Balaban J connectivity index is 2.69. The Morgan fingerprint density at radius 3 is 2.78 bits per heavy atom. The highest BCUT2D eigenvalue weighted by atomic mass is 16.4. The number of rotatable bonds is 4. The molecule has 0 aliphatic heterocycles. The van der Waals surface area contributed by atoms with E-state index >= 15 is 0 Å². The largest absolute Gasteiger partial charge is 0.476 e. The van der Waals surface area contributed by atoms with E-state index in [1.54, 1.807) is 16.7 Å². The predicted molar refractivity (Wildman–Crippen MR) is 70.3 cm³/mol. The van der Waals surface area contributed by atoms with Crippen LogP contribution in [0.5, 0.6) is 0 Å². The van der Waals surface area contributed by atoms with Crippen molar-refractivity contribution in [3.63, 3.8) is 0 Å².